The third-order valence-corrected chi connectivity index (χ3v) is 4.15. The molecule has 19 heavy (non-hydrogen) atoms. The number of aromatic nitrogens is 1. The van der Waals surface area contributed by atoms with Gasteiger partial charge in [0.1, 0.15) is 11.4 Å². The molecule has 1 aromatic heterocycles. The van der Waals surface area contributed by atoms with Gasteiger partial charge in [-0.3, -0.25) is 0 Å². The van der Waals surface area contributed by atoms with Gasteiger partial charge in [-0.15, -0.1) is 11.3 Å². The molecule has 4 heteroatoms. The maximum atomic E-state index is 6.02. The van der Waals surface area contributed by atoms with Crippen LogP contribution < -0.4 is 10.1 Å². The normalized spacial score (nSPS) is 20.0. The fourth-order valence-corrected chi connectivity index (χ4v) is 3.18. The highest BCUT2D eigenvalue weighted by Gasteiger charge is 2.40. The number of rotatable bonds is 4. The maximum Gasteiger partial charge on any atom is 0.125 e. The largest absolute Gasteiger partial charge is 0.486 e. The first-order valence-corrected chi connectivity index (χ1v) is 7.49. The standard InChI is InChI=1S/C15H18N2OS/c1-15(2)14(12-5-3-4-6-13(12)18-15)16-8-7-11-9-19-10-17-11/h3-6,9-10,14,16H,7-8H2,1-2H3. The zero-order valence-electron chi connectivity index (χ0n) is 11.2. The molecule has 1 aromatic carbocycles. The lowest BCUT2D eigenvalue weighted by Crippen LogP contribution is -2.39. The van der Waals surface area contributed by atoms with Gasteiger partial charge in [0.2, 0.25) is 0 Å². The minimum atomic E-state index is -0.203. The number of hydrogen-bond acceptors (Lipinski definition) is 4. The molecule has 0 amide bonds. The Morgan fingerprint density at radius 1 is 1.37 bits per heavy atom. The molecule has 0 fully saturated rings. The first-order valence-electron chi connectivity index (χ1n) is 6.55. The van der Waals surface area contributed by atoms with E-state index in [4.69, 9.17) is 4.74 Å². The minimum Gasteiger partial charge on any atom is -0.486 e. The van der Waals surface area contributed by atoms with Crippen LogP contribution in [-0.4, -0.2) is 17.1 Å². The molecule has 0 saturated heterocycles. The molecule has 100 valence electrons. The zero-order chi connectivity index (χ0) is 13.3. The molecule has 1 atom stereocenters. The third-order valence-electron chi connectivity index (χ3n) is 3.51. The lowest BCUT2D eigenvalue weighted by Gasteiger charge is -2.27. The van der Waals surface area contributed by atoms with E-state index in [0.717, 1.165) is 24.4 Å². The van der Waals surface area contributed by atoms with Gasteiger partial charge in [0.15, 0.2) is 0 Å². The lowest BCUT2D eigenvalue weighted by molar-refractivity contribution is 0.0967. The van der Waals surface area contributed by atoms with Crippen LogP contribution in [0.4, 0.5) is 0 Å². The lowest BCUT2D eigenvalue weighted by atomic mass is 9.94. The summed E-state index contributed by atoms with van der Waals surface area (Å²) in [5, 5.41) is 5.71. The molecule has 3 nitrogen and oxygen atoms in total. The smallest absolute Gasteiger partial charge is 0.125 e. The molecule has 0 bridgehead atoms. The molecular formula is C15H18N2OS. The van der Waals surface area contributed by atoms with Crippen molar-refractivity contribution in [3.8, 4) is 5.75 Å². The van der Waals surface area contributed by atoms with Gasteiger partial charge in [-0.2, -0.15) is 0 Å². The number of para-hydroxylation sites is 1. The number of fused-ring (bicyclic) bond motifs is 1. The summed E-state index contributed by atoms with van der Waals surface area (Å²) in [4.78, 5) is 4.31. The van der Waals surface area contributed by atoms with Crippen molar-refractivity contribution in [2.24, 2.45) is 0 Å². The molecule has 0 radical (unpaired) electrons. The molecule has 2 aromatic rings. The fourth-order valence-electron chi connectivity index (χ4n) is 2.59. The van der Waals surface area contributed by atoms with E-state index in [1.807, 2.05) is 17.6 Å². The summed E-state index contributed by atoms with van der Waals surface area (Å²) in [5.41, 5.74) is 4.09. The van der Waals surface area contributed by atoms with Crippen molar-refractivity contribution in [2.75, 3.05) is 6.54 Å². The fraction of sp³-hybridized carbons (Fsp3) is 0.400. The summed E-state index contributed by atoms with van der Waals surface area (Å²) < 4.78 is 6.02. The van der Waals surface area contributed by atoms with Crippen molar-refractivity contribution >= 4 is 11.3 Å². The van der Waals surface area contributed by atoms with Gasteiger partial charge in [0, 0.05) is 23.9 Å². The minimum absolute atomic E-state index is 0.203. The van der Waals surface area contributed by atoms with Gasteiger partial charge in [-0.25, -0.2) is 4.98 Å². The quantitative estimate of drug-likeness (QED) is 0.929. The van der Waals surface area contributed by atoms with Crippen molar-refractivity contribution in [3.05, 3.63) is 46.4 Å². The van der Waals surface area contributed by atoms with E-state index >= 15 is 0 Å². The predicted octanol–water partition coefficient (Wildman–Crippen LogP) is 3.19. The van der Waals surface area contributed by atoms with Gasteiger partial charge in [0.25, 0.3) is 0 Å². The molecule has 1 aliphatic rings. The zero-order valence-corrected chi connectivity index (χ0v) is 12.0. The average molecular weight is 274 g/mol. The van der Waals surface area contributed by atoms with E-state index in [1.54, 1.807) is 11.3 Å². The van der Waals surface area contributed by atoms with E-state index in [0.29, 0.717) is 0 Å². The monoisotopic (exact) mass is 274 g/mol. The Balaban J connectivity index is 1.69. The van der Waals surface area contributed by atoms with E-state index < -0.39 is 0 Å². The average Bonchev–Trinajstić information content (AvgIpc) is 2.96. The summed E-state index contributed by atoms with van der Waals surface area (Å²) in [6.07, 6.45) is 0.957. The van der Waals surface area contributed by atoms with Crippen LogP contribution in [0.5, 0.6) is 5.75 Å². The third kappa shape index (κ3) is 2.51. The van der Waals surface area contributed by atoms with Gasteiger partial charge in [0.05, 0.1) is 17.2 Å². The van der Waals surface area contributed by atoms with Gasteiger partial charge < -0.3 is 10.1 Å². The first-order chi connectivity index (χ1) is 9.17. The topological polar surface area (TPSA) is 34.1 Å². The number of hydrogen-bond donors (Lipinski definition) is 1. The summed E-state index contributed by atoms with van der Waals surface area (Å²) in [6, 6.07) is 8.51. The summed E-state index contributed by atoms with van der Waals surface area (Å²) in [7, 11) is 0. The number of nitrogens with zero attached hydrogens (tertiary/aromatic N) is 1. The molecule has 0 aliphatic carbocycles. The highest BCUT2D eigenvalue weighted by Crippen LogP contribution is 2.42. The molecule has 0 saturated carbocycles. The first kappa shape index (κ1) is 12.6. The molecule has 1 unspecified atom stereocenters. The van der Waals surface area contributed by atoms with Crippen LogP contribution in [-0.2, 0) is 6.42 Å². The molecular weight excluding hydrogens is 256 g/mol. The summed E-state index contributed by atoms with van der Waals surface area (Å²) >= 11 is 1.65. The SMILES string of the molecule is CC1(C)Oc2ccccc2C1NCCc1cscn1. The van der Waals surface area contributed by atoms with Gasteiger partial charge in [-0.1, -0.05) is 18.2 Å². The number of ether oxygens (including phenoxy) is 1. The number of nitrogens with one attached hydrogen (secondary N) is 1. The van der Waals surface area contributed by atoms with E-state index in [1.165, 1.54) is 5.56 Å². The van der Waals surface area contributed by atoms with Gasteiger partial charge >= 0.3 is 0 Å². The maximum absolute atomic E-state index is 6.02. The second-order valence-electron chi connectivity index (χ2n) is 5.36. The highest BCUT2D eigenvalue weighted by molar-refractivity contribution is 7.07. The Bertz CT molecular complexity index is 551. The molecule has 2 heterocycles. The van der Waals surface area contributed by atoms with Crippen LogP contribution in [0, 0.1) is 0 Å². The second-order valence-corrected chi connectivity index (χ2v) is 6.08. The summed E-state index contributed by atoms with van der Waals surface area (Å²) in [6.45, 7) is 5.18. The van der Waals surface area contributed by atoms with Crippen molar-refractivity contribution in [3.63, 3.8) is 0 Å². The van der Waals surface area contributed by atoms with E-state index in [9.17, 15) is 0 Å². The van der Waals surface area contributed by atoms with Crippen LogP contribution in [0.3, 0.4) is 0 Å². The summed E-state index contributed by atoms with van der Waals surface area (Å²) in [5.74, 6) is 0.999. The van der Waals surface area contributed by atoms with E-state index in [-0.39, 0.29) is 11.6 Å². The highest BCUT2D eigenvalue weighted by atomic mass is 32.1. The Kier molecular flexibility index (Phi) is 3.29. The van der Waals surface area contributed by atoms with Crippen LogP contribution in [0.2, 0.25) is 0 Å². The number of benzene rings is 1. The van der Waals surface area contributed by atoms with E-state index in [2.05, 4.69) is 41.7 Å². The van der Waals surface area contributed by atoms with Crippen molar-refractivity contribution < 1.29 is 4.74 Å². The van der Waals surface area contributed by atoms with Crippen LogP contribution in [0.15, 0.2) is 35.2 Å². The van der Waals surface area contributed by atoms with Crippen LogP contribution in [0.1, 0.15) is 31.1 Å². The van der Waals surface area contributed by atoms with Gasteiger partial charge in [-0.05, 0) is 19.9 Å². The van der Waals surface area contributed by atoms with Crippen LogP contribution in [0.25, 0.3) is 0 Å². The Morgan fingerprint density at radius 2 is 2.21 bits per heavy atom. The predicted molar refractivity (Wildman–Crippen MR) is 77.7 cm³/mol. The van der Waals surface area contributed by atoms with Crippen molar-refractivity contribution in [2.45, 2.75) is 31.9 Å². The Hall–Kier alpha value is -1.39. The molecule has 0 spiro atoms. The second kappa shape index (κ2) is 4.94. The number of thiazole rings is 1. The van der Waals surface area contributed by atoms with Crippen molar-refractivity contribution in [1.29, 1.82) is 0 Å². The molecule has 1 aliphatic heterocycles. The molecule has 3 rings (SSSR count). The Morgan fingerprint density at radius 3 is 3.00 bits per heavy atom. The Labute approximate surface area is 117 Å². The van der Waals surface area contributed by atoms with Crippen LogP contribution >= 0.6 is 11.3 Å². The molecule has 1 N–H and O–H groups in total. The van der Waals surface area contributed by atoms with Crippen molar-refractivity contribution in [1.82, 2.24) is 10.3 Å².